The van der Waals surface area contributed by atoms with Gasteiger partial charge in [-0.05, 0) is 127 Å². The van der Waals surface area contributed by atoms with Crippen molar-refractivity contribution < 1.29 is 9.47 Å². The number of hydrogen-bond acceptors (Lipinski definition) is 4. The van der Waals surface area contributed by atoms with Gasteiger partial charge in [-0.1, -0.05) is 103 Å². The summed E-state index contributed by atoms with van der Waals surface area (Å²) in [6.45, 7) is 0. The summed E-state index contributed by atoms with van der Waals surface area (Å²) < 4.78 is 16.2. The van der Waals surface area contributed by atoms with Gasteiger partial charge in [-0.2, -0.15) is 0 Å². The zero-order chi connectivity index (χ0) is 37.5. The number of benzene rings is 6. The number of para-hydroxylation sites is 5. The first-order chi connectivity index (χ1) is 28.3. The third-order valence-corrected chi connectivity index (χ3v) is 12.6. The summed E-state index contributed by atoms with van der Waals surface area (Å²) in [5, 5.41) is 2.23. The summed E-state index contributed by atoms with van der Waals surface area (Å²) >= 11 is 0. The fourth-order valence-corrected chi connectivity index (χ4v) is 10.1. The minimum atomic E-state index is 0.233. The maximum absolute atomic E-state index is 7.08. The van der Waals surface area contributed by atoms with Crippen molar-refractivity contribution in [2.24, 2.45) is 10.9 Å². The highest BCUT2D eigenvalue weighted by Gasteiger charge is 2.38. The number of allylic oxidation sites excluding steroid dienone is 5. The van der Waals surface area contributed by atoms with Crippen LogP contribution in [-0.4, -0.2) is 10.3 Å². The Morgan fingerprint density at radius 1 is 0.596 bits per heavy atom. The van der Waals surface area contributed by atoms with Crippen LogP contribution in [0.3, 0.4) is 0 Å². The van der Waals surface area contributed by atoms with Crippen molar-refractivity contribution in [1.29, 1.82) is 0 Å². The van der Waals surface area contributed by atoms with Crippen LogP contribution in [0.1, 0.15) is 60.8 Å². The minimum absolute atomic E-state index is 0.233. The van der Waals surface area contributed by atoms with Crippen LogP contribution >= 0.6 is 0 Å². The van der Waals surface area contributed by atoms with Crippen molar-refractivity contribution >= 4 is 56.0 Å². The molecule has 3 aliphatic heterocycles. The first-order valence-corrected chi connectivity index (χ1v) is 20.6. The zero-order valence-electron chi connectivity index (χ0n) is 31.7. The molecule has 0 saturated carbocycles. The lowest BCUT2D eigenvalue weighted by Gasteiger charge is -2.38. The van der Waals surface area contributed by atoms with Crippen molar-refractivity contribution in [2.45, 2.75) is 51.4 Å². The molecule has 7 aromatic rings. The van der Waals surface area contributed by atoms with E-state index >= 15 is 0 Å². The molecule has 0 saturated heterocycles. The topological polar surface area (TPSA) is 39.0 Å². The van der Waals surface area contributed by atoms with E-state index in [0.717, 1.165) is 119 Å². The van der Waals surface area contributed by atoms with Gasteiger partial charge in [0.05, 0.1) is 22.6 Å². The van der Waals surface area contributed by atoms with Crippen molar-refractivity contribution in [3.05, 3.63) is 173 Å². The van der Waals surface area contributed by atoms with E-state index in [4.69, 9.17) is 14.5 Å². The second-order valence-electron chi connectivity index (χ2n) is 15.9. The van der Waals surface area contributed by atoms with Gasteiger partial charge in [-0.15, -0.1) is 0 Å². The summed E-state index contributed by atoms with van der Waals surface area (Å²) in [6, 6.07) is 45.7. The second-order valence-corrected chi connectivity index (χ2v) is 15.9. The fourth-order valence-electron chi connectivity index (χ4n) is 10.1. The third kappa shape index (κ3) is 5.11. The molecule has 2 aliphatic carbocycles. The van der Waals surface area contributed by atoms with Crippen LogP contribution in [0.15, 0.2) is 156 Å². The Bertz CT molecular complexity index is 2930. The Morgan fingerprint density at radius 3 is 2.16 bits per heavy atom. The normalized spacial score (nSPS) is 19.0. The predicted octanol–water partition coefficient (Wildman–Crippen LogP) is 13.9. The summed E-state index contributed by atoms with van der Waals surface area (Å²) in [5.41, 5.74) is 14.6. The monoisotopic (exact) mass is 739 g/mol. The van der Waals surface area contributed by atoms with Gasteiger partial charge < -0.3 is 9.47 Å². The molecule has 0 radical (unpaired) electrons. The van der Waals surface area contributed by atoms with E-state index in [-0.39, 0.29) is 5.92 Å². The summed E-state index contributed by atoms with van der Waals surface area (Å²) in [7, 11) is 0. The molecule has 5 nitrogen and oxygen atoms in total. The van der Waals surface area contributed by atoms with Crippen molar-refractivity contribution in [2.75, 3.05) is 4.90 Å². The van der Waals surface area contributed by atoms with Gasteiger partial charge in [0.2, 0.25) is 0 Å². The smallest absolute Gasteiger partial charge is 0.180 e. The van der Waals surface area contributed by atoms with E-state index < -0.39 is 0 Å². The molecule has 0 fully saturated rings. The number of anilines is 3. The van der Waals surface area contributed by atoms with E-state index in [1.807, 2.05) is 6.07 Å². The van der Waals surface area contributed by atoms with E-state index in [1.165, 1.54) is 39.1 Å². The number of ether oxygens (including phenoxy) is 2. The van der Waals surface area contributed by atoms with Crippen LogP contribution in [0.2, 0.25) is 0 Å². The summed E-state index contributed by atoms with van der Waals surface area (Å²) in [5.74, 6) is 4.40. The Morgan fingerprint density at radius 2 is 1.30 bits per heavy atom. The number of rotatable bonds is 2. The number of fused-ring (bicyclic) bond motifs is 12. The molecule has 276 valence electrons. The highest BCUT2D eigenvalue weighted by atomic mass is 16.5. The number of aryl methyl sites for hydroxylation is 2. The van der Waals surface area contributed by atoms with Gasteiger partial charge in [0.25, 0.3) is 0 Å². The molecule has 4 heterocycles. The van der Waals surface area contributed by atoms with Gasteiger partial charge in [0, 0.05) is 16.7 Å². The first-order valence-electron chi connectivity index (χ1n) is 20.6. The average Bonchev–Trinajstić information content (AvgIpc) is 3.62. The average molecular weight is 740 g/mol. The SMILES string of the molecule is C1=C2CC(C3=N/C(n4c5ccccc5c5cc6c7c(c54)Oc4ccccc4N7c4ccccc4O6)=C\CCCc4ccccc43)CCc3ccccc3C2=CCC1. The van der Waals surface area contributed by atoms with Gasteiger partial charge in [-0.3, -0.25) is 9.47 Å². The lowest BCUT2D eigenvalue weighted by molar-refractivity contribution is 0.449. The Hall–Kier alpha value is -6.59. The molecule has 1 aromatic heterocycles. The van der Waals surface area contributed by atoms with Gasteiger partial charge >= 0.3 is 0 Å². The number of aromatic nitrogens is 1. The zero-order valence-corrected chi connectivity index (χ0v) is 31.7. The van der Waals surface area contributed by atoms with Crippen molar-refractivity contribution in [1.82, 2.24) is 4.57 Å². The first kappa shape index (κ1) is 32.6. The van der Waals surface area contributed by atoms with Gasteiger partial charge in [0.15, 0.2) is 23.0 Å². The van der Waals surface area contributed by atoms with Crippen LogP contribution in [0.5, 0.6) is 23.0 Å². The van der Waals surface area contributed by atoms with Crippen LogP contribution in [-0.2, 0) is 12.8 Å². The molecular weight excluding hydrogens is 699 g/mol. The summed E-state index contributed by atoms with van der Waals surface area (Å²) in [4.78, 5) is 8.29. The summed E-state index contributed by atoms with van der Waals surface area (Å²) in [6.07, 6.45) is 15.5. The van der Waals surface area contributed by atoms with Crippen molar-refractivity contribution in [3.63, 3.8) is 0 Å². The Balaban J connectivity index is 1.11. The van der Waals surface area contributed by atoms with Crippen LogP contribution < -0.4 is 14.4 Å². The second kappa shape index (κ2) is 13.0. The minimum Gasteiger partial charge on any atom is -0.453 e. The molecule has 0 amide bonds. The molecule has 57 heavy (non-hydrogen) atoms. The largest absolute Gasteiger partial charge is 0.453 e. The molecule has 5 heteroatoms. The molecule has 0 bridgehead atoms. The number of hydrogen-bond donors (Lipinski definition) is 0. The predicted molar refractivity (Wildman–Crippen MR) is 233 cm³/mol. The molecule has 6 aromatic carbocycles. The lowest BCUT2D eigenvalue weighted by Crippen LogP contribution is -2.22. The van der Waals surface area contributed by atoms with Gasteiger partial charge in [-0.25, -0.2) is 4.99 Å². The lowest BCUT2D eigenvalue weighted by atomic mass is 9.76. The van der Waals surface area contributed by atoms with E-state index in [1.54, 1.807) is 0 Å². The van der Waals surface area contributed by atoms with E-state index in [0.29, 0.717) is 0 Å². The third-order valence-electron chi connectivity index (χ3n) is 12.6. The molecule has 1 atom stereocenters. The maximum atomic E-state index is 7.08. The molecule has 0 spiro atoms. The van der Waals surface area contributed by atoms with E-state index in [9.17, 15) is 0 Å². The van der Waals surface area contributed by atoms with Crippen LogP contribution in [0, 0.1) is 5.92 Å². The Labute approximate surface area is 332 Å². The highest BCUT2D eigenvalue weighted by Crippen LogP contribution is 2.62. The molecule has 12 rings (SSSR count). The van der Waals surface area contributed by atoms with Crippen molar-refractivity contribution in [3.8, 4) is 23.0 Å². The molecule has 5 aliphatic rings. The van der Waals surface area contributed by atoms with Gasteiger partial charge in [0.1, 0.15) is 17.0 Å². The molecule has 1 unspecified atom stereocenters. The maximum Gasteiger partial charge on any atom is 0.180 e. The number of nitrogens with zero attached hydrogens (tertiary/aromatic N) is 3. The molecular formula is C52H41N3O2. The van der Waals surface area contributed by atoms with Crippen LogP contribution in [0.4, 0.5) is 17.1 Å². The highest BCUT2D eigenvalue weighted by molar-refractivity contribution is 6.17. The quantitative estimate of drug-likeness (QED) is 0.177. The Kier molecular flexibility index (Phi) is 7.44. The molecule has 0 N–H and O–H groups in total. The van der Waals surface area contributed by atoms with E-state index in [2.05, 4.69) is 149 Å². The number of aliphatic imine (C=N–C) groups is 1. The fraction of sp³-hybridized carbons (Fsp3) is 0.173. The van der Waals surface area contributed by atoms with Crippen LogP contribution in [0.25, 0.3) is 33.2 Å². The standard InChI is InChI=1S/C52H41N3O2/c1-5-19-37-34(17-1)29-30-36(31-35-18-3-6-20-38(35)37)49-39-21-7-2-15-33(39)16-4-14-28-48(53-49)55-42-23-9-8-22-40(42)41-32-47-51-52(50(41)55)57-46-27-13-11-25-44(46)54(51)43-24-10-12-26-45(43)56-47/h1-2,5,7-13,15,17-28,32,36H,3-4,6,14,16,29-31H2/b48-28+,53-49?.